The monoisotopic (exact) mass is 313 g/mol. The molecule has 0 fully saturated rings. The molecule has 0 aliphatic carbocycles. The molecular weight excluding hydrogens is 299 g/mol. The summed E-state index contributed by atoms with van der Waals surface area (Å²) in [5.41, 5.74) is 3.87. The topological polar surface area (TPSA) is 24.7 Å². The van der Waals surface area contributed by atoms with Crippen molar-refractivity contribution < 1.29 is 4.39 Å². The number of aliphatic imine (C=N–C) groups is 2. The largest absolute Gasteiger partial charge is 0.243 e. The lowest BCUT2D eigenvalue weighted by atomic mass is 10.0. The predicted molar refractivity (Wildman–Crippen MR) is 94.7 cm³/mol. The molecule has 1 radical (unpaired) electrons. The fourth-order valence-corrected chi connectivity index (χ4v) is 2.70. The van der Waals surface area contributed by atoms with Crippen LogP contribution in [0.15, 0.2) is 94.9 Å². The van der Waals surface area contributed by atoms with Gasteiger partial charge in [-0.15, -0.1) is 0 Å². The highest BCUT2D eigenvalue weighted by Gasteiger charge is 2.27. The van der Waals surface area contributed by atoms with Crippen LogP contribution in [0.1, 0.15) is 16.7 Å². The van der Waals surface area contributed by atoms with Crippen LogP contribution in [-0.4, -0.2) is 11.4 Å². The molecule has 0 saturated heterocycles. The normalized spacial score (nSPS) is 14.4. The summed E-state index contributed by atoms with van der Waals surface area (Å²) in [5.74, 6) is -0.318. The first kappa shape index (κ1) is 14.5. The van der Waals surface area contributed by atoms with Crippen LogP contribution in [0.3, 0.4) is 0 Å². The maximum atomic E-state index is 14.1. The highest BCUT2D eigenvalue weighted by Crippen LogP contribution is 2.28. The molecule has 0 atom stereocenters. The minimum atomic E-state index is -0.318. The molecule has 0 unspecified atom stereocenters. The van der Waals surface area contributed by atoms with Crippen LogP contribution in [0, 0.1) is 12.0 Å². The molecular formula is C21H14FN2. The summed E-state index contributed by atoms with van der Waals surface area (Å²) >= 11 is 0. The lowest BCUT2D eigenvalue weighted by Gasteiger charge is -2.05. The molecule has 3 aromatic rings. The van der Waals surface area contributed by atoms with Crippen molar-refractivity contribution in [1.82, 2.24) is 0 Å². The number of benzene rings is 3. The number of rotatable bonds is 3. The van der Waals surface area contributed by atoms with Crippen LogP contribution in [0.5, 0.6) is 0 Å². The first-order chi connectivity index (χ1) is 11.8. The van der Waals surface area contributed by atoms with Gasteiger partial charge in [0.15, 0.2) is 0 Å². The molecule has 2 nitrogen and oxygen atoms in total. The molecule has 0 spiro atoms. The van der Waals surface area contributed by atoms with Crippen molar-refractivity contribution in [2.45, 2.75) is 0 Å². The van der Waals surface area contributed by atoms with Crippen molar-refractivity contribution in [3.05, 3.63) is 114 Å². The summed E-state index contributed by atoms with van der Waals surface area (Å²) in [6.45, 7) is 0. The van der Waals surface area contributed by atoms with E-state index in [0.717, 1.165) is 22.6 Å². The summed E-state index contributed by atoms with van der Waals surface area (Å²) < 4.78 is 14.1. The summed E-state index contributed by atoms with van der Waals surface area (Å²) in [6.07, 6.45) is 0.408. The van der Waals surface area contributed by atoms with Gasteiger partial charge in [-0.3, -0.25) is 0 Å². The van der Waals surface area contributed by atoms with Crippen LogP contribution >= 0.6 is 0 Å². The summed E-state index contributed by atoms with van der Waals surface area (Å²) in [5, 5.41) is 0. The highest BCUT2D eigenvalue weighted by molar-refractivity contribution is 6.54. The first-order valence-corrected chi connectivity index (χ1v) is 7.73. The molecule has 4 rings (SSSR count). The van der Waals surface area contributed by atoms with Gasteiger partial charge in [0.25, 0.3) is 0 Å². The van der Waals surface area contributed by atoms with E-state index in [0.29, 0.717) is 11.7 Å². The van der Waals surface area contributed by atoms with Crippen molar-refractivity contribution >= 4 is 11.4 Å². The lowest BCUT2D eigenvalue weighted by molar-refractivity contribution is 0.614. The Morgan fingerprint density at radius 3 is 1.50 bits per heavy atom. The van der Waals surface area contributed by atoms with E-state index in [9.17, 15) is 4.39 Å². The van der Waals surface area contributed by atoms with E-state index in [-0.39, 0.29) is 5.82 Å². The Bertz CT molecular complexity index is 859. The van der Waals surface area contributed by atoms with Crippen LogP contribution in [0.25, 0.3) is 0 Å². The molecule has 24 heavy (non-hydrogen) atoms. The van der Waals surface area contributed by atoms with E-state index in [4.69, 9.17) is 0 Å². The maximum Gasteiger partial charge on any atom is 0.229 e. The van der Waals surface area contributed by atoms with Gasteiger partial charge in [0, 0.05) is 16.7 Å². The van der Waals surface area contributed by atoms with Crippen molar-refractivity contribution in [2.24, 2.45) is 9.98 Å². The second-order valence-electron chi connectivity index (χ2n) is 5.46. The summed E-state index contributed by atoms with van der Waals surface area (Å²) in [4.78, 5) is 9.27. The van der Waals surface area contributed by atoms with Crippen molar-refractivity contribution in [1.29, 1.82) is 0 Å². The number of nitrogens with zero attached hydrogens (tertiary/aromatic N) is 2. The Morgan fingerprint density at radius 1 is 0.542 bits per heavy atom. The van der Waals surface area contributed by atoms with E-state index < -0.39 is 0 Å². The van der Waals surface area contributed by atoms with Gasteiger partial charge in [0.05, 0.1) is 11.4 Å². The Balaban J connectivity index is 1.85. The van der Waals surface area contributed by atoms with Gasteiger partial charge in [-0.1, -0.05) is 78.9 Å². The molecule has 0 saturated carbocycles. The average Bonchev–Trinajstić information content (AvgIpc) is 3.09. The second-order valence-corrected chi connectivity index (χ2v) is 5.46. The molecule has 1 aliphatic rings. The van der Waals surface area contributed by atoms with Crippen LogP contribution < -0.4 is 0 Å². The predicted octanol–water partition coefficient (Wildman–Crippen LogP) is 4.66. The van der Waals surface area contributed by atoms with E-state index in [1.165, 1.54) is 6.07 Å². The van der Waals surface area contributed by atoms with Gasteiger partial charge in [0.2, 0.25) is 6.17 Å². The Hall–Kier alpha value is -3.07. The fraction of sp³-hybridized carbons (Fsp3) is 0. The standard InChI is InChI=1S/C21H14FN2/c22-18-14-8-7-13-17(18)21-23-19(15-9-3-1-4-10-15)20(24-21)16-11-5-2-6-12-16/h1-14H. The first-order valence-electron chi connectivity index (χ1n) is 7.73. The maximum absolute atomic E-state index is 14.1. The van der Waals surface area contributed by atoms with E-state index in [1.54, 1.807) is 18.2 Å². The smallest absolute Gasteiger partial charge is 0.229 e. The van der Waals surface area contributed by atoms with Crippen LogP contribution in [0.2, 0.25) is 0 Å². The Morgan fingerprint density at radius 2 is 1.00 bits per heavy atom. The average molecular weight is 313 g/mol. The van der Waals surface area contributed by atoms with Crippen molar-refractivity contribution in [3.63, 3.8) is 0 Å². The van der Waals surface area contributed by atoms with Crippen molar-refractivity contribution in [3.8, 4) is 0 Å². The molecule has 3 aromatic carbocycles. The SMILES string of the molecule is Fc1ccccc1[C]1N=C(c2ccccc2)C(c2ccccc2)=N1. The molecule has 0 bridgehead atoms. The van der Waals surface area contributed by atoms with Gasteiger partial charge >= 0.3 is 0 Å². The van der Waals surface area contributed by atoms with Gasteiger partial charge < -0.3 is 0 Å². The molecule has 0 aromatic heterocycles. The third kappa shape index (κ3) is 2.65. The zero-order valence-corrected chi connectivity index (χ0v) is 12.9. The Labute approximate surface area is 140 Å². The molecule has 0 N–H and O–H groups in total. The van der Waals surface area contributed by atoms with Gasteiger partial charge in [0.1, 0.15) is 5.82 Å². The number of hydrogen-bond acceptors (Lipinski definition) is 2. The van der Waals surface area contributed by atoms with Crippen LogP contribution in [0.4, 0.5) is 4.39 Å². The van der Waals surface area contributed by atoms with Crippen LogP contribution in [-0.2, 0) is 0 Å². The Kier molecular flexibility index (Phi) is 3.75. The number of hydrogen-bond donors (Lipinski definition) is 0. The molecule has 3 heteroatoms. The fourth-order valence-electron chi connectivity index (χ4n) is 2.70. The zero-order valence-electron chi connectivity index (χ0n) is 12.9. The molecule has 0 amide bonds. The quantitative estimate of drug-likeness (QED) is 0.672. The minimum Gasteiger partial charge on any atom is -0.243 e. The molecule has 1 heterocycles. The van der Waals surface area contributed by atoms with E-state index >= 15 is 0 Å². The lowest BCUT2D eigenvalue weighted by Crippen LogP contribution is -2.13. The number of halogens is 1. The summed E-state index contributed by atoms with van der Waals surface area (Å²) in [7, 11) is 0. The highest BCUT2D eigenvalue weighted by atomic mass is 19.1. The second kappa shape index (κ2) is 6.20. The van der Waals surface area contributed by atoms with Gasteiger partial charge in [-0.2, -0.15) is 0 Å². The zero-order chi connectivity index (χ0) is 16.4. The minimum absolute atomic E-state index is 0.318. The van der Waals surface area contributed by atoms with E-state index in [1.807, 2.05) is 60.7 Å². The van der Waals surface area contributed by atoms with Crippen molar-refractivity contribution in [2.75, 3.05) is 0 Å². The third-order valence-electron chi connectivity index (χ3n) is 3.87. The van der Waals surface area contributed by atoms with Gasteiger partial charge in [-0.25, -0.2) is 14.4 Å². The molecule has 1 aliphatic heterocycles. The molecule has 115 valence electrons. The van der Waals surface area contributed by atoms with Gasteiger partial charge in [-0.05, 0) is 6.07 Å². The summed E-state index contributed by atoms with van der Waals surface area (Å²) in [6, 6.07) is 26.3. The van der Waals surface area contributed by atoms with E-state index in [2.05, 4.69) is 9.98 Å². The third-order valence-corrected chi connectivity index (χ3v) is 3.87.